The number of thioether (sulfide) groups is 1. The molecule has 1 aromatic carbocycles. The summed E-state index contributed by atoms with van der Waals surface area (Å²) in [7, 11) is 0. The van der Waals surface area contributed by atoms with E-state index < -0.39 is 46.6 Å². The summed E-state index contributed by atoms with van der Waals surface area (Å²) in [6, 6.07) is 6.68. The van der Waals surface area contributed by atoms with Crippen LogP contribution in [0.5, 0.6) is 0 Å². The van der Waals surface area contributed by atoms with Crippen LogP contribution in [0, 0.1) is 34.4 Å². The number of alkyl halides is 1. The van der Waals surface area contributed by atoms with Gasteiger partial charge in [0.2, 0.25) is 10.9 Å². The van der Waals surface area contributed by atoms with E-state index in [0.717, 1.165) is 24.1 Å². The fourth-order valence-corrected chi connectivity index (χ4v) is 10.2. The number of ether oxygens (including phenoxy) is 1. The van der Waals surface area contributed by atoms with E-state index in [1.54, 1.807) is 22.9 Å². The molecule has 0 radical (unpaired) electrons. The number of fused-ring (bicyclic) bond motifs is 6. The maximum absolute atomic E-state index is 14.1. The number of carbonyl (C=O) groups is 2. The van der Waals surface area contributed by atoms with Gasteiger partial charge in [0.15, 0.2) is 5.60 Å². The molecule has 0 aliphatic heterocycles. The molecule has 4 aliphatic rings. The fourth-order valence-electron chi connectivity index (χ4n) is 9.51. The second-order valence-corrected chi connectivity index (χ2v) is 14.3. The van der Waals surface area contributed by atoms with Gasteiger partial charge in [-0.3, -0.25) is 4.79 Å². The van der Waals surface area contributed by atoms with E-state index in [9.17, 15) is 28.6 Å². The van der Waals surface area contributed by atoms with Crippen molar-refractivity contribution < 1.29 is 37.7 Å². The molecule has 3 aromatic rings. The van der Waals surface area contributed by atoms with Crippen molar-refractivity contribution in [2.45, 2.75) is 70.7 Å². The predicted octanol–water partition coefficient (Wildman–Crippen LogP) is 6.03. The van der Waals surface area contributed by atoms with Crippen molar-refractivity contribution in [2.24, 2.45) is 28.6 Å². The Balaban J connectivity index is 1.23. The number of aliphatic hydroxyl groups excluding tert-OH is 2. The Kier molecular flexibility index (Phi) is 7.37. The van der Waals surface area contributed by atoms with Crippen LogP contribution in [0.25, 0.3) is 11.8 Å². The number of rotatable bonds is 6. The van der Waals surface area contributed by atoms with Gasteiger partial charge in [-0.1, -0.05) is 19.4 Å². The van der Waals surface area contributed by atoms with Gasteiger partial charge in [0, 0.05) is 11.0 Å². The van der Waals surface area contributed by atoms with Gasteiger partial charge in [0.1, 0.15) is 11.8 Å². The Morgan fingerprint density at radius 3 is 2.80 bits per heavy atom. The normalized spacial score (nSPS) is 33.4. The number of esters is 1. The zero-order valence-corrected chi connectivity index (χ0v) is 26.0. The van der Waals surface area contributed by atoms with Crippen LogP contribution in [0.1, 0.15) is 73.3 Å². The molecule has 3 fully saturated rings. The standard InChI is InChI=1S/C34H36F2N2O6S/c1-32-14-20-16-37-38(22-6-8-25(36)19(12-22)17-39)26(20)13-21(32)5-7-23-24-9-10-34(31(42)45-18-35,33(24,2)15-27(40)29(23)32)44-30(41)28-4-3-11-43-28/h3-4,6,8,11-13,16,23-24,27,29,39-40H,5,7,9-10,14-15,17-18H2,1-2H3/t23-,24-,27-,29+,32?,33-,34-/m0/s1. The first-order valence-electron chi connectivity index (χ1n) is 15.4. The van der Waals surface area contributed by atoms with Crippen molar-refractivity contribution in [1.82, 2.24) is 9.78 Å². The van der Waals surface area contributed by atoms with Gasteiger partial charge in [-0.15, -0.1) is 0 Å². The zero-order valence-electron chi connectivity index (χ0n) is 25.2. The Morgan fingerprint density at radius 1 is 1.24 bits per heavy atom. The molecule has 3 saturated carbocycles. The zero-order chi connectivity index (χ0) is 31.7. The van der Waals surface area contributed by atoms with Crippen LogP contribution < -0.4 is 0 Å². The van der Waals surface area contributed by atoms with E-state index in [4.69, 9.17) is 9.15 Å². The first kappa shape index (κ1) is 30.4. The summed E-state index contributed by atoms with van der Waals surface area (Å²) in [5.41, 5.74) is 1.12. The van der Waals surface area contributed by atoms with Crippen molar-refractivity contribution in [3.63, 3.8) is 0 Å². The summed E-state index contributed by atoms with van der Waals surface area (Å²) in [6.07, 6.45) is 7.84. The number of aromatic nitrogens is 2. The maximum Gasteiger partial charge on any atom is 0.375 e. The number of aliphatic hydroxyl groups is 2. The van der Waals surface area contributed by atoms with Crippen molar-refractivity contribution in [3.05, 3.63) is 76.8 Å². The molecule has 0 spiro atoms. The van der Waals surface area contributed by atoms with Gasteiger partial charge in [-0.05, 0) is 115 Å². The highest BCUT2D eigenvalue weighted by Gasteiger charge is 2.70. The number of nitrogens with zero attached hydrogens (tertiary/aromatic N) is 2. The molecule has 2 heterocycles. The topological polar surface area (TPSA) is 115 Å². The van der Waals surface area contributed by atoms with E-state index in [2.05, 4.69) is 18.1 Å². The first-order valence-corrected chi connectivity index (χ1v) is 16.4. The number of carbonyl (C=O) groups excluding carboxylic acids is 2. The van der Waals surface area contributed by atoms with Crippen LogP contribution in [0.3, 0.4) is 0 Å². The van der Waals surface area contributed by atoms with Gasteiger partial charge < -0.3 is 19.4 Å². The average Bonchev–Trinajstić information content (AvgIpc) is 3.75. The van der Waals surface area contributed by atoms with Crippen LogP contribution in [-0.2, 0) is 22.6 Å². The number of furan rings is 1. The quantitative estimate of drug-likeness (QED) is 0.315. The molecule has 7 rings (SSSR count). The SMILES string of the molecule is CC12Cc3cnn(-c4ccc(F)c(CO)c4)c3C=C1CC[C@@H]1[C@@H]2[C@@H](O)C[C@@]2(C)[C@H]1CC[C@]2(OC(=O)c1ccco1)C(=O)SCF. The second-order valence-electron chi connectivity index (χ2n) is 13.5. The fraction of sp³-hybridized carbons (Fsp3) is 0.500. The molecule has 2 aromatic heterocycles. The molecule has 45 heavy (non-hydrogen) atoms. The van der Waals surface area contributed by atoms with Gasteiger partial charge in [-0.2, -0.15) is 5.10 Å². The molecule has 8 nitrogen and oxygen atoms in total. The third-order valence-electron chi connectivity index (χ3n) is 11.5. The summed E-state index contributed by atoms with van der Waals surface area (Å²) in [6.45, 7) is 3.72. The van der Waals surface area contributed by atoms with Crippen LogP contribution in [0.4, 0.5) is 8.78 Å². The minimum Gasteiger partial charge on any atom is -0.457 e. The summed E-state index contributed by atoms with van der Waals surface area (Å²) < 4.78 is 40.8. The highest BCUT2D eigenvalue weighted by atomic mass is 32.2. The minimum atomic E-state index is -1.59. The van der Waals surface area contributed by atoms with Gasteiger partial charge in [0.05, 0.1) is 36.6 Å². The third-order valence-corrected chi connectivity index (χ3v) is 12.2. The minimum absolute atomic E-state index is 0.0274. The van der Waals surface area contributed by atoms with Crippen LogP contribution >= 0.6 is 11.8 Å². The highest BCUT2D eigenvalue weighted by Crippen LogP contribution is 2.69. The van der Waals surface area contributed by atoms with E-state index in [1.807, 2.05) is 13.1 Å². The lowest BCUT2D eigenvalue weighted by molar-refractivity contribution is -0.175. The van der Waals surface area contributed by atoms with Crippen molar-refractivity contribution >= 4 is 28.9 Å². The Labute approximate surface area is 263 Å². The van der Waals surface area contributed by atoms with Crippen molar-refractivity contribution in [2.75, 3.05) is 6.01 Å². The van der Waals surface area contributed by atoms with Gasteiger partial charge in [-0.25, -0.2) is 18.3 Å². The van der Waals surface area contributed by atoms with E-state index in [-0.39, 0.29) is 47.3 Å². The lowest BCUT2D eigenvalue weighted by Gasteiger charge is -2.60. The highest BCUT2D eigenvalue weighted by molar-refractivity contribution is 8.13. The van der Waals surface area contributed by atoms with Crippen LogP contribution in [0.15, 0.2) is 52.8 Å². The number of allylic oxidation sites excluding steroid dienone is 1. The van der Waals surface area contributed by atoms with Crippen molar-refractivity contribution in [1.29, 1.82) is 0 Å². The smallest absolute Gasteiger partial charge is 0.375 e. The molecular weight excluding hydrogens is 602 g/mol. The third kappa shape index (κ3) is 4.41. The summed E-state index contributed by atoms with van der Waals surface area (Å²) >= 11 is 0.517. The molecule has 2 N–H and O–H groups in total. The summed E-state index contributed by atoms with van der Waals surface area (Å²) in [4.78, 5) is 26.9. The summed E-state index contributed by atoms with van der Waals surface area (Å²) in [5.74, 6) is -1.36. The average molecular weight is 639 g/mol. The molecule has 11 heteroatoms. The van der Waals surface area contributed by atoms with Crippen molar-refractivity contribution in [3.8, 4) is 5.69 Å². The predicted molar refractivity (Wildman–Crippen MR) is 162 cm³/mol. The molecule has 7 atom stereocenters. The largest absolute Gasteiger partial charge is 0.457 e. The molecule has 1 unspecified atom stereocenters. The first-order chi connectivity index (χ1) is 21.6. The molecular formula is C34H36F2N2O6S. The molecule has 4 aliphatic carbocycles. The number of hydrogen-bond acceptors (Lipinski definition) is 8. The Bertz CT molecular complexity index is 1690. The summed E-state index contributed by atoms with van der Waals surface area (Å²) in [5, 5.41) is 25.7. The Morgan fingerprint density at radius 2 is 2.07 bits per heavy atom. The lowest BCUT2D eigenvalue weighted by atomic mass is 9.45. The monoisotopic (exact) mass is 638 g/mol. The van der Waals surface area contributed by atoms with Gasteiger partial charge >= 0.3 is 5.97 Å². The number of halogens is 2. The molecule has 0 amide bonds. The number of hydrogen-bond donors (Lipinski definition) is 2. The maximum atomic E-state index is 14.1. The molecule has 0 bridgehead atoms. The molecule has 0 saturated heterocycles. The van der Waals surface area contributed by atoms with E-state index in [1.165, 1.54) is 24.0 Å². The van der Waals surface area contributed by atoms with E-state index in [0.29, 0.717) is 30.3 Å². The number of benzene rings is 1. The molecule has 238 valence electrons. The van der Waals surface area contributed by atoms with Crippen LogP contribution in [-0.4, -0.2) is 48.8 Å². The van der Waals surface area contributed by atoms with Gasteiger partial charge in [0.25, 0.3) is 0 Å². The lowest BCUT2D eigenvalue weighted by Crippen LogP contribution is -2.62. The van der Waals surface area contributed by atoms with Crippen LogP contribution in [0.2, 0.25) is 0 Å². The Hall–Kier alpha value is -3.28. The van der Waals surface area contributed by atoms with E-state index >= 15 is 0 Å². The second kappa shape index (κ2) is 10.9.